The van der Waals surface area contributed by atoms with Gasteiger partial charge in [0.05, 0.1) is 36.9 Å². The van der Waals surface area contributed by atoms with E-state index in [-0.39, 0.29) is 22.8 Å². The van der Waals surface area contributed by atoms with Gasteiger partial charge in [-0.3, -0.25) is 9.10 Å². The number of sulfonamides is 1. The average molecular weight is 497 g/mol. The molecule has 3 aromatic rings. The van der Waals surface area contributed by atoms with Gasteiger partial charge in [-0.25, -0.2) is 13.2 Å². The van der Waals surface area contributed by atoms with Gasteiger partial charge in [0.15, 0.2) is 6.10 Å². The molecule has 1 amide bonds. The van der Waals surface area contributed by atoms with Crippen molar-refractivity contribution in [3.63, 3.8) is 0 Å². The molecule has 0 bridgehead atoms. The van der Waals surface area contributed by atoms with Crippen LogP contribution in [0, 0.1) is 6.92 Å². The Kier molecular flexibility index (Phi) is 6.65. The monoisotopic (exact) mass is 496 g/mol. The number of carbonyl (C=O) groups is 2. The Morgan fingerprint density at radius 1 is 1.03 bits per heavy atom. The summed E-state index contributed by atoms with van der Waals surface area (Å²) in [5.41, 5.74) is 1.71. The Morgan fingerprint density at radius 2 is 1.74 bits per heavy atom. The number of hydrogen-bond acceptors (Lipinski definition) is 7. The van der Waals surface area contributed by atoms with Crippen LogP contribution in [-0.2, 0) is 19.6 Å². The van der Waals surface area contributed by atoms with E-state index in [1.54, 1.807) is 55.5 Å². The van der Waals surface area contributed by atoms with Crippen molar-refractivity contribution in [2.45, 2.75) is 17.9 Å². The summed E-state index contributed by atoms with van der Waals surface area (Å²) in [5, 5.41) is 2.75. The van der Waals surface area contributed by atoms with Gasteiger partial charge in [-0.2, -0.15) is 0 Å². The first-order chi connectivity index (χ1) is 16.7. The van der Waals surface area contributed by atoms with Gasteiger partial charge in [-0.1, -0.05) is 18.2 Å². The van der Waals surface area contributed by atoms with Crippen molar-refractivity contribution < 1.29 is 32.2 Å². The second-order valence-corrected chi connectivity index (χ2v) is 9.66. The molecule has 1 heterocycles. The number of nitrogens with one attached hydrogen (secondary N) is 1. The van der Waals surface area contributed by atoms with Crippen molar-refractivity contribution in [2.75, 3.05) is 30.4 Å². The number of aryl methyl sites for hydroxylation is 1. The minimum Gasteiger partial charge on any atom is -0.497 e. The molecule has 0 radical (unpaired) electrons. The zero-order chi connectivity index (χ0) is 25.2. The molecule has 1 aliphatic heterocycles. The molecule has 182 valence electrons. The molecule has 0 saturated heterocycles. The number of anilines is 2. The number of nitrogens with zero attached hydrogens (tertiary/aromatic N) is 1. The normalized spacial score (nSPS) is 14.9. The number of para-hydroxylation sites is 2. The minimum absolute atomic E-state index is 0.0517. The lowest BCUT2D eigenvalue weighted by Gasteiger charge is -2.34. The number of amides is 1. The number of hydrogen-bond donors (Lipinski definition) is 1. The van der Waals surface area contributed by atoms with Crippen LogP contribution < -0.4 is 19.1 Å². The molecule has 0 aromatic heterocycles. The van der Waals surface area contributed by atoms with Crippen LogP contribution >= 0.6 is 0 Å². The van der Waals surface area contributed by atoms with E-state index in [0.29, 0.717) is 22.7 Å². The van der Waals surface area contributed by atoms with Gasteiger partial charge < -0.3 is 19.5 Å². The van der Waals surface area contributed by atoms with Crippen LogP contribution in [0.25, 0.3) is 0 Å². The highest BCUT2D eigenvalue weighted by Gasteiger charge is 2.37. The highest BCUT2D eigenvalue weighted by Crippen LogP contribution is 2.37. The maximum absolute atomic E-state index is 13.5. The molecule has 1 aliphatic rings. The summed E-state index contributed by atoms with van der Waals surface area (Å²) >= 11 is 0. The lowest BCUT2D eigenvalue weighted by Crippen LogP contribution is -2.48. The molecule has 0 saturated carbocycles. The minimum atomic E-state index is -4.01. The number of rotatable bonds is 6. The van der Waals surface area contributed by atoms with E-state index < -0.39 is 28.0 Å². The van der Waals surface area contributed by atoms with Crippen LogP contribution in [0.1, 0.15) is 15.9 Å². The van der Waals surface area contributed by atoms with Crippen molar-refractivity contribution in [1.82, 2.24) is 0 Å². The van der Waals surface area contributed by atoms with Crippen LogP contribution in [0.15, 0.2) is 71.6 Å². The third-order valence-corrected chi connectivity index (χ3v) is 7.39. The van der Waals surface area contributed by atoms with Crippen LogP contribution in [0.2, 0.25) is 0 Å². The second kappa shape index (κ2) is 9.67. The fourth-order valence-corrected chi connectivity index (χ4v) is 5.13. The Bertz CT molecular complexity index is 1370. The molecule has 0 aliphatic carbocycles. The second-order valence-electron chi connectivity index (χ2n) is 7.80. The molecule has 35 heavy (non-hydrogen) atoms. The predicted molar refractivity (Wildman–Crippen MR) is 130 cm³/mol. The zero-order valence-electron chi connectivity index (χ0n) is 19.3. The molecule has 1 N–H and O–H groups in total. The summed E-state index contributed by atoms with van der Waals surface area (Å²) in [5.74, 6) is -0.316. The molecule has 1 atom stereocenters. The SMILES string of the molecule is COC(=O)c1ccc(C)c(NC(=O)C2CN(S(=O)(=O)c3ccc(OC)cc3)c3ccccc3O2)c1. The summed E-state index contributed by atoms with van der Waals surface area (Å²) < 4.78 is 44.0. The lowest BCUT2D eigenvalue weighted by molar-refractivity contribution is -0.122. The highest BCUT2D eigenvalue weighted by molar-refractivity contribution is 7.92. The number of benzene rings is 3. The van der Waals surface area contributed by atoms with Gasteiger partial charge >= 0.3 is 5.97 Å². The summed E-state index contributed by atoms with van der Waals surface area (Å²) in [4.78, 5) is 25.1. The number of methoxy groups -OCH3 is 2. The van der Waals surface area contributed by atoms with Gasteiger partial charge in [-0.05, 0) is 61.0 Å². The Morgan fingerprint density at radius 3 is 2.43 bits per heavy atom. The molecule has 9 nitrogen and oxygen atoms in total. The molecule has 3 aromatic carbocycles. The Labute approximate surface area is 203 Å². The van der Waals surface area contributed by atoms with E-state index >= 15 is 0 Å². The van der Waals surface area contributed by atoms with Crippen molar-refractivity contribution in [1.29, 1.82) is 0 Å². The molecular formula is C25H24N2O7S. The fraction of sp³-hybridized carbons (Fsp3) is 0.200. The van der Waals surface area contributed by atoms with E-state index in [4.69, 9.17) is 14.2 Å². The van der Waals surface area contributed by atoms with E-state index in [2.05, 4.69) is 5.32 Å². The molecule has 4 rings (SSSR count). The Balaban J connectivity index is 1.65. The van der Waals surface area contributed by atoms with Crippen molar-refractivity contribution >= 4 is 33.3 Å². The maximum Gasteiger partial charge on any atom is 0.337 e. The molecule has 0 spiro atoms. The largest absolute Gasteiger partial charge is 0.497 e. The van der Waals surface area contributed by atoms with E-state index in [0.717, 1.165) is 4.31 Å². The third kappa shape index (κ3) is 4.78. The van der Waals surface area contributed by atoms with Gasteiger partial charge in [0.1, 0.15) is 11.5 Å². The molecular weight excluding hydrogens is 472 g/mol. The summed E-state index contributed by atoms with van der Waals surface area (Å²) in [7, 11) is -1.25. The first-order valence-electron chi connectivity index (χ1n) is 10.7. The maximum atomic E-state index is 13.5. The first-order valence-corrected chi connectivity index (χ1v) is 12.1. The number of esters is 1. The summed E-state index contributed by atoms with van der Waals surface area (Å²) in [6.45, 7) is 1.53. The van der Waals surface area contributed by atoms with Gasteiger partial charge in [0.25, 0.3) is 15.9 Å². The lowest BCUT2D eigenvalue weighted by atomic mass is 10.1. The van der Waals surface area contributed by atoms with Crippen LogP contribution in [-0.4, -0.2) is 47.2 Å². The van der Waals surface area contributed by atoms with Crippen molar-refractivity contribution in [3.05, 3.63) is 77.9 Å². The molecule has 1 unspecified atom stereocenters. The van der Waals surface area contributed by atoms with Gasteiger partial charge in [0.2, 0.25) is 0 Å². The number of carbonyl (C=O) groups excluding carboxylic acids is 2. The average Bonchev–Trinajstić information content (AvgIpc) is 2.88. The fourth-order valence-electron chi connectivity index (χ4n) is 3.66. The topological polar surface area (TPSA) is 111 Å². The van der Waals surface area contributed by atoms with E-state index in [1.807, 2.05) is 0 Å². The number of fused-ring (bicyclic) bond motifs is 1. The van der Waals surface area contributed by atoms with E-state index in [9.17, 15) is 18.0 Å². The Hall–Kier alpha value is -4.05. The zero-order valence-corrected chi connectivity index (χ0v) is 20.2. The van der Waals surface area contributed by atoms with Crippen molar-refractivity contribution in [3.8, 4) is 11.5 Å². The van der Waals surface area contributed by atoms with Crippen LogP contribution in [0.5, 0.6) is 11.5 Å². The van der Waals surface area contributed by atoms with E-state index in [1.165, 1.54) is 32.4 Å². The molecule has 10 heteroatoms. The highest BCUT2D eigenvalue weighted by atomic mass is 32.2. The first kappa shape index (κ1) is 24.1. The quantitative estimate of drug-likeness (QED) is 0.521. The third-order valence-electron chi connectivity index (χ3n) is 5.59. The van der Waals surface area contributed by atoms with Crippen molar-refractivity contribution in [2.24, 2.45) is 0 Å². The summed E-state index contributed by atoms with van der Waals surface area (Å²) in [6, 6.07) is 17.4. The number of ether oxygens (including phenoxy) is 3. The van der Waals surface area contributed by atoms with Gasteiger partial charge in [0, 0.05) is 5.69 Å². The standard InChI is InChI=1S/C25H24N2O7S/c1-16-8-9-17(25(29)33-3)14-20(16)26-24(28)23-15-27(21-6-4-5-7-22(21)34-23)35(30,31)19-12-10-18(32-2)11-13-19/h4-14,23H,15H2,1-3H3,(H,26,28). The van der Waals surface area contributed by atoms with Gasteiger partial charge in [-0.15, -0.1) is 0 Å². The smallest absolute Gasteiger partial charge is 0.337 e. The summed E-state index contributed by atoms with van der Waals surface area (Å²) in [6.07, 6.45) is -1.14. The van der Waals surface area contributed by atoms with Crippen LogP contribution in [0.4, 0.5) is 11.4 Å². The molecule has 0 fully saturated rings. The predicted octanol–water partition coefficient (Wildman–Crippen LogP) is 3.39. The van der Waals surface area contributed by atoms with Crippen LogP contribution in [0.3, 0.4) is 0 Å².